The minimum Gasteiger partial charge on any atom is -0.427 e. The predicted molar refractivity (Wildman–Crippen MR) is 170 cm³/mol. The molecule has 232 valence electrons. The van der Waals surface area contributed by atoms with E-state index in [-0.39, 0.29) is 24.1 Å². The van der Waals surface area contributed by atoms with Crippen molar-refractivity contribution in [3.8, 4) is 5.75 Å². The Balaban J connectivity index is 2.29. The number of nitrogens with one attached hydrogen (secondary N) is 1. The van der Waals surface area contributed by atoms with Gasteiger partial charge in [-0.3, -0.25) is 23.7 Å². The number of unbranched alkanes of at least 4 members (excludes halogenated alkanes) is 4. The Labute approximate surface area is 255 Å². The van der Waals surface area contributed by atoms with Crippen LogP contribution in [0.3, 0.4) is 0 Å². The number of carbonyl (C=O) groups excluding carboxylic acids is 4. The highest BCUT2D eigenvalue weighted by molar-refractivity contribution is 6.03. The average molecular weight is 590 g/mol. The third-order valence-corrected chi connectivity index (χ3v) is 7.94. The van der Waals surface area contributed by atoms with Gasteiger partial charge in [0.15, 0.2) is 0 Å². The van der Waals surface area contributed by atoms with Crippen molar-refractivity contribution in [2.75, 3.05) is 13.6 Å². The van der Waals surface area contributed by atoms with E-state index in [0.29, 0.717) is 53.7 Å². The molecule has 0 saturated heterocycles. The van der Waals surface area contributed by atoms with Gasteiger partial charge in [-0.15, -0.1) is 0 Å². The Morgan fingerprint density at radius 1 is 0.930 bits per heavy atom. The quantitative estimate of drug-likeness (QED) is 0.121. The van der Waals surface area contributed by atoms with Gasteiger partial charge < -0.3 is 15.0 Å². The van der Waals surface area contributed by atoms with E-state index in [0.717, 1.165) is 37.7 Å². The molecule has 1 heterocycles. The zero-order valence-corrected chi connectivity index (χ0v) is 26.6. The second-order valence-corrected chi connectivity index (χ2v) is 11.4. The Morgan fingerprint density at radius 2 is 1.63 bits per heavy atom. The van der Waals surface area contributed by atoms with Crippen LogP contribution in [-0.4, -0.2) is 46.8 Å². The second kappa shape index (κ2) is 15.5. The molecule has 2 amide bonds. The van der Waals surface area contributed by atoms with Crippen molar-refractivity contribution in [1.82, 2.24) is 14.8 Å². The molecule has 0 aliphatic carbocycles. The summed E-state index contributed by atoms with van der Waals surface area (Å²) < 4.78 is 7.10. The summed E-state index contributed by atoms with van der Waals surface area (Å²) in [5, 5.41) is 3.69. The maximum atomic E-state index is 14.6. The standard InChI is InChI=1S/C35H47N3O5/c1-7-9-11-15-22-35(36-26(4)39,34(42)37(6)23-10-8-2)33-25(3)38(32(41)21-18-28-16-13-12-14-17-28)31-20-19-29(24-30(31)33)43-27(5)40/h12-14,16-17,19-20,24H,7-11,15,18,21-23H2,1-6H3,(H,36,39). The lowest BCUT2D eigenvalue weighted by Gasteiger charge is -2.37. The summed E-state index contributed by atoms with van der Waals surface area (Å²) in [5.41, 5.74) is 1.41. The lowest BCUT2D eigenvalue weighted by Crippen LogP contribution is -2.56. The van der Waals surface area contributed by atoms with Gasteiger partial charge in [0.05, 0.1) is 5.52 Å². The molecular formula is C35H47N3O5. The molecule has 0 fully saturated rings. The summed E-state index contributed by atoms with van der Waals surface area (Å²) in [4.78, 5) is 54.9. The molecule has 1 unspecified atom stereocenters. The molecule has 8 heteroatoms. The maximum absolute atomic E-state index is 14.6. The minimum absolute atomic E-state index is 0.118. The number of nitrogens with zero attached hydrogens (tertiary/aromatic N) is 2. The molecule has 0 spiro atoms. The van der Waals surface area contributed by atoms with Crippen molar-refractivity contribution < 1.29 is 23.9 Å². The van der Waals surface area contributed by atoms with Gasteiger partial charge in [0.1, 0.15) is 11.3 Å². The first-order valence-electron chi connectivity index (χ1n) is 15.5. The van der Waals surface area contributed by atoms with E-state index in [2.05, 4.69) is 19.2 Å². The molecule has 1 atom stereocenters. The zero-order chi connectivity index (χ0) is 31.6. The summed E-state index contributed by atoms with van der Waals surface area (Å²) in [6.45, 7) is 9.32. The molecule has 8 nitrogen and oxygen atoms in total. The van der Waals surface area contributed by atoms with Gasteiger partial charge in [0.25, 0.3) is 5.91 Å². The van der Waals surface area contributed by atoms with E-state index in [1.54, 1.807) is 34.7 Å². The smallest absolute Gasteiger partial charge is 0.308 e. The second-order valence-electron chi connectivity index (χ2n) is 11.4. The van der Waals surface area contributed by atoms with Crippen LogP contribution in [0.2, 0.25) is 0 Å². The van der Waals surface area contributed by atoms with Crippen molar-refractivity contribution >= 4 is 34.6 Å². The van der Waals surface area contributed by atoms with Crippen LogP contribution in [-0.2, 0) is 26.3 Å². The van der Waals surface area contributed by atoms with Crippen LogP contribution >= 0.6 is 0 Å². The molecule has 43 heavy (non-hydrogen) atoms. The first-order valence-corrected chi connectivity index (χ1v) is 15.5. The van der Waals surface area contributed by atoms with E-state index < -0.39 is 11.5 Å². The minimum atomic E-state index is -1.41. The molecule has 0 aliphatic heterocycles. The lowest BCUT2D eigenvalue weighted by molar-refractivity contribution is -0.141. The van der Waals surface area contributed by atoms with Crippen molar-refractivity contribution in [2.24, 2.45) is 0 Å². The SMILES string of the molecule is CCCCCCC(NC(C)=O)(C(=O)N(C)CCCC)c1c(C)n(C(=O)CCc2ccccc2)c2ccc(OC(C)=O)cc12. The molecule has 2 aromatic carbocycles. The predicted octanol–water partition coefficient (Wildman–Crippen LogP) is 6.71. The lowest BCUT2D eigenvalue weighted by atomic mass is 9.81. The van der Waals surface area contributed by atoms with Crippen LogP contribution in [0.15, 0.2) is 48.5 Å². The van der Waals surface area contributed by atoms with E-state index in [1.165, 1.54) is 13.8 Å². The van der Waals surface area contributed by atoms with Gasteiger partial charge in [-0.25, -0.2) is 0 Å². The number of carbonyl (C=O) groups is 4. The van der Waals surface area contributed by atoms with Crippen LogP contribution < -0.4 is 10.1 Å². The third kappa shape index (κ3) is 8.12. The topological polar surface area (TPSA) is 97.7 Å². The molecule has 0 bridgehead atoms. The fourth-order valence-corrected chi connectivity index (χ4v) is 5.95. The summed E-state index contributed by atoms with van der Waals surface area (Å²) >= 11 is 0. The molecular weight excluding hydrogens is 542 g/mol. The van der Waals surface area contributed by atoms with Gasteiger partial charge in [0, 0.05) is 50.5 Å². The number of benzene rings is 2. The Morgan fingerprint density at radius 3 is 2.26 bits per heavy atom. The third-order valence-electron chi connectivity index (χ3n) is 7.94. The maximum Gasteiger partial charge on any atom is 0.308 e. The van der Waals surface area contributed by atoms with Gasteiger partial charge >= 0.3 is 5.97 Å². The Bertz CT molecular complexity index is 1430. The van der Waals surface area contributed by atoms with E-state index in [4.69, 9.17) is 4.74 Å². The fourth-order valence-electron chi connectivity index (χ4n) is 5.95. The van der Waals surface area contributed by atoms with E-state index in [1.807, 2.05) is 37.3 Å². The van der Waals surface area contributed by atoms with Crippen LogP contribution in [0, 0.1) is 6.92 Å². The van der Waals surface area contributed by atoms with Crippen molar-refractivity contribution in [3.63, 3.8) is 0 Å². The normalized spacial score (nSPS) is 12.5. The summed E-state index contributed by atoms with van der Waals surface area (Å²) in [5.74, 6) is -0.833. The first-order chi connectivity index (χ1) is 20.5. The van der Waals surface area contributed by atoms with Crippen molar-refractivity contribution in [1.29, 1.82) is 0 Å². The Kier molecular flexibility index (Phi) is 12.1. The zero-order valence-electron chi connectivity index (χ0n) is 26.6. The number of amides is 2. The molecule has 1 N–H and O–H groups in total. The van der Waals surface area contributed by atoms with Crippen LogP contribution in [0.25, 0.3) is 10.9 Å². The summed E-state index contributed by atoms with van der Waals surface area (Å²) in [6.07, 6.45) is 6.57. The number of likely N-dealkylation sites (N-methyl/N-ethyl adjacent to an activating group) is 1. The van der Waals surface area contributed by atoms with Crippen LogP contribution in [0.4, 0.5) is 0 Å². The highest BCUT2D eigenvalue weighted by Gasteiger charge is 2.46. The molecule has 0 saturated carbocycles. The van der Waals surface area contributed by atoms with Gasteiger partial charge in [0.2, 0.25) is 11.8 Å². The highest BCUT2D eigenvalue weighted by Crippen LogP contribution is 2.41. The molecule has 3 aromatic rings. The molecule has 1 aromatic heterocycles. The van der Waals surface area contributed by atoms with Gasteiger partial charge in [-0.05, 0) is 49.9 Å². The number of esters is 1. The number of hydrogen-bond acceptors (Lipinski definition) is 5. The van der Waals surface area contributed by atoms with E-state index >= 15 is 0 Å². The number of hydrogen-bond donors (Lipinski definition) is 1. The molecule has 3 rings (SSSR count). The number of aromatic nitrogens is 1. The number of aryl methyl sites for hydroxylation is 1. The Hall–Kier alpha value is -3.94. The number of rotatable bonds is 15. The number of ether oxygens (including phenoxy) is 1. The first kappa shape index (κ1) is 33.6. The van der Waals surface area contributed by atoms with Gasteiger partial charge in [-0.2, -0.15) is 0 Å². The van der Waals surface area contributed by atoms with Crippen molar-refractivity contribution in [3.05, 3.63) is 65.4 Å². The fraction of sp³-hybridized carbons (Fsp3) is 0.486. The largest absolute Gasteiger partial charge is 0.427 e. The van der Waals surface area contributed by atoms with Crippen LogP contribution in [0.5, 0.6) is 5.75 Å². The van der Waals surface area contributed by atoms with Crippen molar-refractivity contribution in [2.45, 2.75) is 97.9 Å². The number of fused-ring (bicyclic) bond motifs is 1. The van der Waals surface area contributed by atoms with E-state index in [9.17, 15) is 19.2 Å². The molecule has 0 radical (unpaired) electrons. The highest BCUT2D eigenvalue weighted by atomic mass is 16.5. The van der Waals surface area contributed by atoms with Crippen LogP contribution in [0.1, 0.15) is 101 Å². The summed E-state index contributed by atoms with van der Waals surface area (Å²) in [7, 11) is 1.77. The monoisotopic (exact) mass is 589 g/mol. The summed E-state index contributed by atoms with van der Waals surface area (Å²) in [6, 6.07) is 15.0. The molecule has 0 aliphatic rings. The van der Waals surface area contributed by atoms with Gasteiger partial charge in [-0.1, -0.05) is 76.3 Å². The average Bonchev–Trinajstić information content (AvgIpc) is 3.27.